The van der Waals surface area contributed by atoms with Crippen molar-refractivity contribution >= 4 is 47.7 Å². The predicted molar refractivity (Wildman–Crippen MR) is 123 cm³/mol. The topological polar surface area (TPSA) is 62.2 Å². The number of carbonyl (C=O) groups excluding carboxylic acids is 1. The molecule has 1 aromatic carbocycles. The van der Waals surface area contributed by atoms with Crippen molar-refractivity contribution < 1.29 is 4.79 Å². The van der Waals surface area contributed by atoms with E-state index in [9.17, 15) is 4.79 Å². The standard InChI is InChI=1S/C21H31N5O.2ClH/c1-3-25(4-2)13-14-26-18-8-6-5-7-17(18)23-20(26)24-19(27)16-15-21(16)9-11-22-12-10-21;;/h5-8,16,22H,3-4,9-15H2,1-2H3,(H,23,24,27);2*1H. The Labute approximate surface area is 185 Å². The summed E-state index contributed by atoms with van der Waals surface area (Å²) in [5.74, 6) is 0.997. The van der Waals surface area contributed by atoms with Gasteiger partial charge in [-0.25, -0.2) is 4.98 Å². The Bertz CT molecular complexity index is 815. The fourth-order valence-corrected chi connectivity index (χ4v) is 4.57. The molecule has 4 rings (SSSR count). The molecule has 162 valence electrons. The van der Waals surface area contributed by atoms with E-state index in [4.69, 9.17) is 4.98 Å². The third-order valence-corrected chi connectivity index (χ3v) is 6.53. The van der Waals surface area contributed by atoms with E-state index in [1.54, 1.807) is 0 Å². The first-order chi connectivity index (χ1) is 13.2. The van der Waals surface area contributed by atoms with Crippen LogP contribution in [0.5, 0.6) is 0 Å². The first kappa shape index (κ1) is 23.9. The summed E-state index contributed by atoms with van der Waals surface area (Å²) in [6.07, 6.45) is 3.26. The van der Waals surface area contributed by atoms with E-state index in [1.165, 1.54) is 0 Å². The molecule has 0 bridgehead atoms. The number of hydrogen-bond donors (Lipinski definition) is 2. The lowest BCUT2D eigenvalue weighted by atomic mass is 9.92. The zero-order chi connectivity index (χ0) is 18.9. The lowest BCUT2D eigenvalue weighted by Crippen LogP contribution is -2.32. The van der Waals surface area contributed by atoms with Gasteiger partial charge in [0.25, 0.3) is 0 Å². The summed E-state index contributed by atoms with van der Waals surface area (Å²) in [5.41, 5.74) is 2.28. The summed E-state index contributed by atoms with van der Waals surface area (Å²) < 4.78 is 2.17. The van der Waals surface area contributed by atoms with E-state index in [0.29, 0.717) is 5.95 Å². The number of benzene rings is 1. The van der Waals surface area contributed by atoms with Crippen LogP contribution in [0.15, 0.2) is 24.3 Å². The largest absolute Gasteiger partial charge is 0.317 e. The maximum Gasteiger partial charge on any atom is 0.230 e. The van der Waals surface area contributed by atoms with Crippen molar-refractivity contribution in [1.82, 2.24) is 19.8 Å². The van der Waals surface area contributed by atoms with Gasteiger partial charge in [0.2, 0.25) is 11.9 Å². The number of rotatable bonds is 7. The quantitative estimate of drug-likeness (QED) is 0.689. The third kappa shape index (κ3) is 4.88. The molecule has 8 heteroatoms. The van der Waals surface area contributed by atoms with Crippen molar-refractivity contribution in [2.45, 2.75) is 39.7 Å². The Kier molecular flexibility index (Phi) is 8.35. The molecule has 0 radical (unpaired) electrons. The second-order valence-electron chi connectivity index (χ2n) is 7.96. The number of halogens is 2. The number of aromatic nitrogens is 2. The fourth-order valence-electron chi connectivity index (χ4n) is 4.57. The molecule has 1 aliphatic carbocycles. The summed E-state index contributed by atoms with van der Waals surface area (Å²) in [5, 5.41) is 6.57. The zero-order valence-electron chi connectivity index (χ0n) is 17.3. The summed E-state index contributed by atoms with van der Waals surface area (Å²) in [7, 11) is 0. The van der Waals surface area contributed by atoms with E-state index in [2.05, 4.69) is 40.0 Å². The van der Waals surface area contributed by atoms with Crippen LogP contribution in [-0.2, 0) is 11.3 Å². The SMILES string of the molecule is CCN(CC)CCn1c(NC(=O)C2CC23CCNCC3)nc2ccccc21.Cl.Cl. The number of fused-ring (bicyclic) bond motifs is 1. The molecule has 2 heterocycles. The highest BCUT2D eigenvalue weighted by molar-refractivity contribution is 5.95. The number of amides is 1. The van der Waals surface area contributed by atoms with Crippen molar-refractivity contribution in [3.63, 3.8) is 0 Å². The molecule has 1 aromatic heterocycles. The molecule has 2 fully saturated rings. The van der Waals surface area contributed by atoms with Gasteiger partial charge in [-0.2, -0.15) is 0 Å². The molecular weight excluding hydrogens is 409 g/mol. The molecule has 2 N–H and O–H groups in total. The van der Waals surface area contributed by atoms with Crippen LogP contribution in [0.1, 0.15) is 33.1 Å². The number of piperidine rings is 1. The molecule has 29 heavy (non-hydrogen) atoms. The molecular formula is C21H33Cl2N5O. The van der Waals surface area contributed by atoms with Crippen molar-refractivity contribution in [3.8, 4) is 0 Å². The maximum atomic E-state index is 12.9. The van der Waals surface area contributed by atoms with E-state index >= 15 is 0 Å². The van der Waals surface area contributed by atoms with E-state index in [-0.39, 0.29) is 42.1 Å². The molecule has 1 atom stereocenters. The number of imidazole rings is 1. The summed E-state index contributed by atoms with van der Waals surface area (Å²) in [6, 6.07) is 8.14. The molecule has 1 saturated carbocycles. The van der Waals surface area contributed by atoms with Crippen molar-refractivity contribution in [2.24, 2.45) is 11.3 Å². The molecule has 2 aliphatic rings. The monoisotopic (exact) mass is 441 g/mol. The second-order valence-corrected chi connectivity index (χ2v) is 7.96. The fraction of sp³-hybridized carbons (Fsp3) is 0.619. The number of anilines is 1. The number of likely N-dealkylation sites (N-methyl/N-ethyl adjacent to an activating group) is 1. The molecule has 1 unspecified atom stereocenters. The Morgan fingerprint density at radius 3 is 2.62 bits per heavy atom. The second kappa shape index (κ2) is 10.1. The Balaban J connectivity index is 0.00000150. The van der Waals surface area contributed by atoms with E-state index in [1.807, 2.05) is 18.2 Å². The molecule has 1 aliphatic heterocycles. The van der Waals surface area contributed by atoms with Crippen LogP contribution in [0.2, 0.25) is 0 Å². The van der Waals surface area contributed by atoms with Gasteiger partial charge in [0.1, 0.15) is 0 Å². The average molecular weight is 442 g/mol. The van der Waals surface area contributed by atoms with Crippen LogP contribution in [0.25, 0.3) is 11.0 Å². The normalized spacial score (nSPS) is 19.6. The van der Waals surface area contributed by atoms with Gasteiger partial charge in [-0.3, -0.25) is 10.1 Å². The minimum atomic E-state index is 0. The summed E-state index contributed by atoms with van der Waals surface area (Å²) in [6.45, 7) is 10.3. The van der Waals surface area contributed by atoms with Gasteiger partial charge >= 0.3 is 0 Å². The number of carbonyl (C=O) groups is 1. The van der Waals surface area contributed by atoms with Crippen LogP contribution in [0, 0.1) is 11.3 Å². The van der Waals surface area contributed by atoms with Gasteiger partial charge in [-0.1, -0.05) is 26.0 Å². The Morgan fingerprint density at radius 2 is 1.93 bits per heavy atom. The van der Waals surface area contributed by atoms with Crippen molar-refractivity contribution in [2.75, 3.05) is 38.0 Å². The molecule has 6 nitrogen and oxygen atoms in total. The first-order valence-corrected chi connectivity index (χ1v) is 10.4. The Hall–Kier alpha value is -1.34. The first-order valence-electron chi connectivity index (χ1n) is 10.4. The van der Waals surface area contributed by atoms with Gasteiger partial charge in [0, 0.05) is 19.0 Å². The van der Waals surface area contributed by atoms with Crippen LogP contribution < -0.4 is 10.6 Å². The predicted octanol–water partition coefficient (Wildman–Crippen LogP) is 3.55. The van der Waals surface area contributed by atoms with E-state index in [0.717, 1.165) is 69.6 Å². The van der Waals surface area contributed by atoms with E-state index < -0.39 is 0 Å². The van der Waals surface area contributed by atoms with Gasteiger partial charge < -0.3 is 14.8 Å². The highest BCUT2D eigenvalue weighted by Crippen LogP contribution is 2.58. The number of nitrogens with one attached hydrogen (secondary N) is 2. The van der Waals surface area contributed by atoms with Crippen LogP contribution in [0.3, 0.4) is 0 Å². The van der Waals surface area contributed by atoms with Crippen LogP contribution in [0.4, 0.5) is 5.95 Å². The number of nitrogens with zero attached hydrogens (tertiary/aromatic N) is 3. The third-order valence-electron chi connectivity index (χ3n) is 6.53. The highest BCUT2D eigenvalue weighted by Gasteiger charge is 2.57. The zero-order valence-corrected chi connectivity index (χ0v) is 19.0. The van der Waals surface area contributed by atoms with Crippen molar-refractivity contribution in [1.29, 1.82) is 0 Å². The van der Waals surface area contributed by atoms with Crippen LogP contribution in [-0.4, -0.2) is 53.1 Å². The minimum Gasteiger partial charge on any atom is -0.317 e. The minimum absolute atomic E-state index is 0. The highest BCUT2D eigenvalue weighted by atomic mass is 35.5. The van der Waals surface area contributed by atoms with Gasteiger partial charge in [0.15, 0.2) is 0 Å². The van der Waals surface area contributed by atoms with Gasteiger partial charge in [-0.05, 0) is 63.0 Å². The molecule has 1 spiro atoms. The lowest BCUT2D eigenvalue weighted by Gasteiger charge is -2.23. The van der Waals surface area contributed by atoms with Crippen LogP contribution >= 0.6 is 24.8 Å². The molecule has 2 aromatic rings. The lowest BCUT2D eigenvalue weighted by molar-refractivity contribution is -0.118. The smallest absolute Gasteiger partial charge is 0.230 e. The number of para-hydroxylation sites is 2. The van der Waals surface area contributed by atoms with Crippen molar-refractivity contribution in [3.05, 3.63) is 24.3 Å². The average Bonchev–Trinajstić information content (AvgIpc) is 3.27. The number of hydrogen-bond acceptors (Lipinski definition) is 4. The summed E-state index contributed by atoms with van der Waals surface area (Å²) >= 11 is 0. The Morgan fingerprint density at radius 1 is 1.24 bits per heavy atom. The summed E-state index contributed by atoms with van der Waals surface area (Å²) in [4.78, 5) is 20.1. The molecule has 1 amide bonds. The van der Waals surface area contributed by atoms with Gasteiger partial charge in [0.05, 0.1) is 11.0 Å². The van der Waals surface area contributed by atoms with Gasteiger partial charge in [-0.15, -0.1) is 24.8 Å². The molecule has 1 saturated heterocycles. The maximum absolute atomic E-state index is 12.9.